The normalized spacial score (nSPS) is 11.0. The van der Waals surface area contributed by atoms with Crippen molar-refractivity contribution in [3.8, 4) is 0 Å². The van der Waals surface area contributed by atoms with E-state index in [1.807, 2.05) is 12.1 Å². The molecule has 3 N–H and O–H groups in total. The zero-order valence-corrected chi connectivity index (χ0v) is 12.0. The summed E-state index contributed by atoms with van der Waals surface area (Å²) in [6.45, 7) is 2.97. The summed E-state index contributed by atoms with van der Waals surface area (Å²) in [5, 5.41) is 11.4. The minimum Gasteiger partial charge on any atom is -0.371 e. The molecule has 2 aromatic heterocycles. The van der Waals surface area contributed by atoms with Crippen LogP contribution in [0.4, 0.5) is 5.82 Å². The summed E-state index contributed by atoms with van der Waals surface area (Å²) in [7, 11) is 1.79. The van der Waals surface area contributed by atoms with Gasteiger partial charge in [-0.2, -0.15) is 0 Å². The maximum absolute atomic E-state index is 5.66. The molecule has 0 aliphatic carbocycles. The number of aryl methyl sites for hydroxylation is 1. The summed E-state index contributed by atoms with van der Waals surface area (Å²) in [5.74, 6) is 1.22. The van der Waals surface area contributed by atoms with E-state index in [2.05, 4.69) is 44.7 Å². The summed E-state index contributed by atoms with van der Waals surface area (Å²) < 4.78 is 1.78. The lowest BCUT2D eigenvalue weighted by molar-refractivity contribution is 0.660. The zero-order valence-electron chi connectivity index (χ0n) is 12.0. The Morgan fingerprint density at radius 1 is 1.24 bits per heavy atom. The number of fused-ring (bicyclic) bond motifs is 1. The Morgan fingerprint density at radius 2 is 2.05 bits per heavy atom. The van der Waals surface area contributed by atoms with Crippen LogP contribution in [0.2, 0.25) is 0 Å². The first-order valence-corrected chi connectivity index (χ1v) is 6.75. The lowest BCUT2D eigenvalue weighted by Crippen LogP contribution is -2.09. The molecule has 0 aliphatic rings. The van der Waals surface area contributed by atoms with Gasteiger partial charge in [-0.15, -0.1) is 5.10 Å². The summed E-state index contributed by atoms with van der Waals surface area (Å²) in [6, 6.07) is 8.19. The highest BCUT2D eigenvalue weighted by Gasteiger charge is 2.14. The molecule has 0 radical (unpaired) electrons. The monoisotopic (exact) mass is 283 g/mol. The van der Waals surface area contributed by atoms with Crippen molar-refractivity contribution in [1.29, 1.82) is 0 Å². The van der Waals surface area contributed by atoms with Gasteiger partial charge < -0.3 is 11.1 Å². The first-order valence-electron chi connectivity index (χ1n) is 6.75. The average molecular weight is 283 g/mol. The van der Waals surface area contributed by atoms with Crippen LogP contribution in [0.5, 0.6) is 0 Å². The highest BCUT2D eigenvalue weighted by Crippen LogP contribution is 2.18. The molecule has 7 nitrogen and oxygen atoms in total. The molecule has 3 rings (SSSR count). The molecule has 1 aromatic carbocycles. The van der Waals surface area contributed by atoms with Gasteiger partial charge in [0.15, 0.2) is 17.0 Å². The van der Waals surface area contributed by atoms with E-state index in [0.717, 1.165) is 0 Å². The molecule has 2 heterocycles. The summed E-state index contributed by atoms with van der Waals surface area (Å²) in [6.07, 6.45) is 0. The van der Waals surface area contributed by atoms with Crippen molar-refractivity contribution in [1.82, 2.24) is 25.0 Å². The SMILES string of the molecule is CNc1nc(CN)nc2c1nnn2Cc1ccccc1C. The third-order valence-corrected chi connectivity index (χ3v) is 3.41. The maximum atomic E-state index is 5.66. The molecule has 0 atom stereocenters. The third-order valence-electron chi connectivity index (χ3n) is 3.41. The highest BCUT2D eigenvalue weighted by atomic mass is 15.4. The van der Waals surface area contributed by atoms with E-state index in [9.17, 15) is 0 Å². The van der Waals surface area contributed by atoms with Crippen molar-refractivity contribution >= 4 is 17.0 Å². The van der Waals surface area contributed by atoms with Gasteiger partial charge >= 0.3 is 0 Å². The molecule has 0 fully saturated rings. The minimum atomic E-state index is 0.278. The first-order chi connectivity index (χ1) is 10.2. The average Bonchev–Trinajstić information content (AvgIpc) is 2.91. The molecule has 7 heteroatoms. The van der Waals surface area contributed by atoms with Crippen LogP contribution in [-0.2, 0) is 13.1 Å². The number of hydrogen-bond acceptors (Lipinski definition) is 6. The smallest absolute Gasteiger partial charge is 0.184 e. The molecule has 3 aromatic rings. The number of nitrogens with zero attached hydrogens (tertiary/aromatic N) is 5. The van der Waals surface area contributed by atoms with Crippen molar-refractivity contribution in [2.24, 2.45) is 5.73 Å². The Hall–Kier alpha value is -2.54. The summed E-state index contributed by atoms with van der Waals surface area (Å²) in [5.41, 5.74) is 9.40. The summed E-state index contributed by atoms with van der Waals surface area (Å²) in [4.78, 5) is 8.76. The molecule has 108 valence electrons. The van der Waals surface area contributed by atoms with E-state index in [-0.39, 0.29) is 6.54 Å². The zero-order chi connectivity index (χ0) is 14.8. The van der Waals surface area contributed by atoms with Crippen molar-refractivity contribution < 1.29 is 0 Å². The fourth-order valence-electron chi connectivity index (χ4n) is 2.22. The van der Waals surface area contributed by atoms with Gasteiger partial charge in [0.1, 0.15) is 5.82 Å². The third kappa shape index (κ3) is 2.43. The minimum absolute atomic E-state index is 0.278. The largest absolute Gasteiger partial charge is 0.371 e. The van der Waals surface area contributed by atoms with Crippen molar-refractivity contribution in [3.05, 3.63) is 41.2 Å². The van der Waals surface area contributed by atoms with Gasteiger partial charge in [-0.05, 0) is 18.1 Å². The fourth-order valence-corrected chi connectivity index (χ4v) is 2.22. The predicted molar refractivity (Wildman–Crippen MR) is 80.8 cm³/mol. The van der Waals surface area contributed by atoms with Crippen molar-refractivity contribution in [2.75, 3.05) is 12.4 Å². The summed E-state index contributed by atoms with van der Waals surface area (Å²) >= 11 is 0. The molecule has 0 saturated heterocycles. The van der Waals surface area contributed by atoms with Crippen LogP contribution in [0.15, 0.2) is 24.3 Å². The quantitative estimate of drug-likeness (QED) is 0.744. The fraction of sp³-hybridized carbons (Fsp3) is 0.286. The molecule has 21 heavy (non-hydrogen) atoms. The molecule has 0 unspecified atom stereocenters. The Morgan fingerprint density at radius 3 is 2.76 bits per heavy atom. The van der Waals surface area contributed by atoms with E-state index in [0.29, 0.717) is 29.4 Å². The maximum Gasteiger partial charge on any atom is 0.184 e. The number of nitrogens with two attached hydrogens (primary N) is 1. The number of nitrogens with one attached hydrogen (secondary N) is 1. The van der Waals surface area contributed by atoms with Crippen LogP contribution in [0.1, 0.15) is 17.0 Å². The standard InChI is InChI=1S/C14H17N7/c1-9-5-3-4-6-10(9)8-21-14-12(19-20-21)13(16-2)17-11(7-15)18-14/h3-6H,7-8,15H2,1-2H3,(H,16,17,18). The number of anilines is 1. The molecule has 0 aliphatic heterocycles. The van der Waals surface area contributed by atoms with Gasteiger partial charge in [0.05, 0.1) is 13.1 Å². The van der Waals surface area contributed by atoms with Gasteiger partial charge in [-0.25, -0.2) is 14.6 Å². The topological polar surface area (TPSA) is 94.5 Å². The molecular weight excluding hydrogens is 266 g/mol. The van der Waals surface area contributed by atoms with E-state index in [4.69, 9.17) is 5.73 Å². The van der Waals surface area contributed by atoms with Crippen LogP contribution in [0, 0.1) is 6.92 Å². The van der Waals surface area contributed by atoms with Crippen LogP contribution >= 0.6 is 0 Å². The number of hydrogen-bond donors (Lipinski definition) is 2. The Bertz CT molecular complexity index is 778. The first kappa shape index (κ1) is 13.4. The lowest BCUT2D eigenvalue weighted by atomic mass is 10.1. The number of aromatic nitrogens is 5. The number of benzene rings is 1. The molecule has 0 spiro atoms. The number of rotatable bonds is 4. The van der Waals surface area contributed by atoms with E-state index < -0.39 is 0 Å². The molecular formula is C14H17N7. The van der Waals surface area contributed by atoms with E-state index in [1.165, 1.54) is 11.1 Å². The van der Waals surface area contributed by atoms with Crippen LogP contribution < -0.4 is 11.1 Å². The second-order valence-corrected chi connectivity index (χ2v) is 4.79. The molecule has 0 bridgehead atoms. The van der Waals surface area contributed by atoms with Crippen molar-refractivity contribution in [3.63, 3.8) is 0 Å². The highest BCUT2D eigenvalue weighted by molar-refractivity contribution is 5.82. The Labute approximate surface area is 122 Å². The molecule has 0 amide bonds. The second kappa shape index (κ2) is 5.45. The van der Waals surface area contributed by atoms with E-state index >= 15 is 0 Å². The molecule has 0 saturated carbocycles. The van der Waals surface area contributed by atoms with Gasteiger partial charge in [-0.3, -0.25) is 0 Å². The van der Waals surface area contributed by atoms with Gasteiger partial charge in [0.25, 0.3) is 0 Å². The Balaban J connectivity index is 2.09. The van der Waals surface area contributed by atoms with E-state index in [1.54, 1.807) is 11.7 Å². The van der Waals surface area contributed by atoms with Crippen molar-refractivity contribution in [2.45, 2.75) is 20.0 Å². The predicted octanol–water partition coefficient (Wildman–Crippen LogP) is 1.08. The van der Waals surface area contributed by atoms with Crippen LogP contribution in [0.25, 0.3) is 11.2 Å². The lowest BCUT2D eigenvalue weighted by Gasteiger charge is -2.07. The Kier molecular flexibility index (Phi) is 3.49. The van der Waals surface area contributed by atoms with Gasteiger partial charge in [0, 0.05) is 7.05 Å². The second-order valence-electron chi connectivity index (χ2n) is 4.79. The van der Waals surface area contributed by atoms with Crippen LogP contribution in [0.3, 0.4) is 0 Å². The van der Waals surface area contributed by atoms with Crippen LogP contribution in [-0.4, -0.2) is 32.0 Å². The van der Waals surface area contributed by atoms with Gasteiger partial charge in [0.2, 0.25) is 0 Å². The van der Waals surface area contributed by atoms with Gasteiger partial charge in [-0.1, -0.05) is 29.5 Å².